The number of rotatable bonds is 2. The molecule has 2 aromatic rings. The Morgan fingerprint density at radius 3 is 2.80 bits per heavy atom. The van der Waals surface area contributed by atoms with Gasteiger partial charge in [-0.15, -0.1) is 0 Å². The molecule has 1 N–H and O–H groups in total. The molecule has 2 aromatic heterocycles. The zero-order valence-corrected chi connectivity index (χ0v) is 8.39. The Balaban J connectivity index is 2.60. The van der Waals surface area contributed by atoms with Gasteiger partial charge in [0.25, 0.3) is 0 Å². The number of aromatic carboxylic acids is 1. The summed E-state index contributed by atoms with van der Waals surface area (Å²) < 4.78 is 6.86. The molecule has 0 aromatic carbocycles. The van der Waals surface area contributed by atoms with E-state index < -0.39 is 5.97 Å². The highest BCUT2D eigenvalue weighted by Crippen LogP contribution is 2.24. The lowest BCUT2D eigenvalue weighted by Crippen LogP contribution is -1.99. The molecule has 0 fully saturated rings. The van der Waals surface area contributed by atoms with Crippen molar-refractivity contribution >= 4 is 5.97 Å². The van der Waals surface area contributed by atoms with Crippen LogP contribution in [0.15, 0.2) is 22.7 Å². The van der Waals surface area contributed by atoms with E-state index in [0.29, 0.717) is 11.5 Å². The summed E-state index contributed by atoms with van der Waals surface area (Å²) in [5.41, 5.74) is 0.627. The second kappa shape index (κ2) is 3.27. The van der Waals surface area contributed by atoms with Gasteiger partial charge < -0.3 is 9.52 Å². The molecule has 0 aliphatic carbocycles. The Bertz CT molecular complexity index is 510. The van der Waals surface area contributed by atoms with Gasteiger partial charge in [-0.2, -0.15) is 5.10 Å². The molecular weight excluding hydrogens is 196 g/mol. The number of aryl methyl sites for hydroxylation is 2. The summed E-state index contributed by atoms with van der Waals surface area (Å²) in [5.74, 6) is 0.250. The number of carboxylic acid groups (broad SMARTS) is 1. The van der Waals surface area contributed by atoms with Gasteiger partial charge in [0.05, 0.1) is 6.20 Å². The van der Waals surface area contributed by atoms with E-state index >= 15 is 0 Å². The SMILES string of the molecule is Cc1ccc(-c2c(C(=O)O)cnn2C)o1. The van der Waals surface area contributed by atoms with Crippen LogP contribution in [0.25, 0.3) is 11.5 Å². The van der Waals surface area contributed by atoms with Gasteiger partial charge >= 0.3 is 5.97 Å². The summed E-state index contributed by atoms with van der Waals surface area (Å²) in [7, 11) is 1.68. The first-order valence-corrected chi connectivity index (χ1v) is 4.41. The smallest absolute Gasteiger partial charge is 0.339 e. The van der Waals surface area contributed by atoms with Crippen molar-refractivity contribution in [3.63, 3.8) is 0 Å². The van der Waals surface area contributed by atoms with E-state index in [1.807, 2.05) is 0 Å². The predicted molar refractivity (Wildman–Crippen MR) is 52.6 cm³/mol. The number of nitrogens with zero attached hydrogens (tertiary/aromatic N) is 2. The molecule has 0 bridgehead atoms. The Labute approximate surface area is 85.9 Å². The molecule has 0 atom stereocenters. The summed E-state index contributed by atoms with van der Waals surface area (Å²) in [6.45, 7) is 1.81. The van der Waals surface area contributed by atoms with Gasteiger partial charge in [-0.05, 0) is 19.1 Å². The van der Waals surface area contributed by atoms with Crippen molar-refractivity contribution in [2.45, 2.75) is 6.92 Å². The van der Waals surface area contributed by atoms with Crippen LogP contribution in [0.5, 0.6) is 0 Å². The lowest BCUT2D eigenvalue weighted by molar-refractivity contribution is 0.0697. The molecule has 0 aliphatic heterocycles. The van der Waals surface area contributed by atoms with Crippen LogP contribution < -0.4 is 0 Å². The summed E-state index contributed by atoms with van der Waals surface area (Å²) in [4.78, 5) is 10.9. The number of carboxylic acids is 1. The number of carbonyl (C=O) groups is 1. The zero-order valence-electron chi connectivity index (χ0n) is 8.39. The average molecular weight is 206 g/mol. The van der Waals surface area contributed by atoms with Crippen molar-refractivity contribution < 1.29 is 14.3 Å². The maximum Gasteiger partial charge on any atom is 0.339 e. The predicted octanol–water partition coefficient (Wildman–Crippen LogP) is 1.69. The van der Waals surface area contributed by atoms with Crippen molar-refractivity contribution in [3.05, 3.63) is 29.7 Å². The molecule has 0 saturated carbocycles. The van der Waals surface area contributed by atoms with Crippen LogP contribution in [0, 0.1) is 6.92 Å². The first-order valence-electron chi connectivity index (χ1n) is 4.41. The Morgan fingerprint density at radius 1 is 1.53 bits per heavy atom. The molecule has 2 rings (SSSR count). The average Bonchev–Trinajstić information content (AvgIpc) is 2.71. The van der Waals surface area contributed by atoms with E-state index in [2.05, 4.69) is 5.10 Å². The first kappa shape index (κ1) is 9.51. The fourth-order valence-electron chi connectivity index (χ4n) is 1.45. The first-order chi connectivity index (χ1) is 7.09. The van der Waals surface area contributed by atoms with Gasteiger partial charge in [-0.3, -0.25) is 4.68 Å². The Hall–Kier alpha value is -2.04. The summed E-state index contributed by atoms with van der Waals surface area (Å²) in [6.07, 6.45) is 1.32. The van der Waals surface area contributed by atoms with Gasteiger partial charge in [0, 0.05) is 7.05 Å². The van der Waals surface area contributed by atoms with Gasteiger partial charge in [0.2, 0.25) is 0 Å². The summed E-state index contributed by atoms with van der Waals surface area (Å²) in [6, 6.07) is 3.52. The van der Waals surface area contributed by atoms with Gasteiger partial charge in [-0.25, -0.2) is 4.79 Å². The highest BCUT2D eigenvalue weighted by Gasteiger charge is 2.18. The molecule has 0 radical (unpaired) electrons. The second-order valence-corrected chi connectivity index (χ2v) is 3.25. The quantitative estimate of drug-likeness (QED) is 0.811. The third kappa shape index (κ3) is 1.52. The number of hydrogen-bond acceptors (Lipinski definition) is 3. The van der Waals surface area contributed by atoms with Crippen LogP contribution in [0.1, 0.15) is 16.1 Å². The van der Waals surface area contributed by atoms with E-state index in [-0.39, 0.29) is 5.56 Å². The molecule has 5 heteroatoms. The molecule has 5 nitrogen and oxygen atoms in total. The lowest BCUT2D eigenvalue weighted by atomic mass is 10.2. The third-order valence-electron chi connectivity index (χ3n) is 2.14. The van der Waals surface area contributed by atoms with Crippen molar-refractivity contribution in [1.82, 2.24) is 9.78 Å². The summed E-state index contributed by atoms with van der Waals surface area (Å²) in [5, 5.41) is 12.9. The van der Waals surface area contributed by atoms with E-state index in [4.69, 9.17) is 9.52 Å². The molecule has 2 heterocycles. The van der Waals surface area contributed by atoms with Gasteiger partial charge in [0.15, 0.2) is 5.76 Å². The van der Waals surface area contributed by atoms with Gasteiger partial charge in [-0.1, -0.05) is 0 Å². The fraction of sp³-hybridized carbons (Fsp3) is 0.200. The molecule has 0 saturated heterocycles. The monoisotopic (exact) mass is 206 g/mol. The normalized spacial score (nSPS) is 10.5. The van der Waals surface area contributed by atoms with E-state index in [1.165, 1.54) is 10.9 Å². The highest BCUT2D eigenvalue weighted by atomic mass is 16.4. The minimum absolute atomic E-state index is 0.145. The minimum Gasteiger partial charge on any atom is -0.478 e. The maximum absolute atomic E-state index is 10.9. The van der Waals surface area contributed by atoms with E-state index in [9.17, 15) is 4.79 Å². The van der Waals surface area contributed by atoms with Crippen LogP contribution in [-0.2, 0) is 7.05 Å². The maximum atomic E-state index is 10.9. The van der Waals surface area contributed by atoms with Crippen LogP contribution in [-0.4, -0.2) is 20.9 Å². The van der Waals surface area contributed by atoms with Crippen LogP contribution in [0.3, 0.4) is 0 Å². The Morgan fingerprint density at radius 2 is 2.27 bits per heavy atom. The van der Waals surface area contributed by atoms with Crippen LogP contribution >= 0.6 is 0 Å². The molecule has 15 heavy (non-hydrogen) atoms. The zero-order chi connectivity index (χ0) is 11.0. The second-order valence-electron chi connectivity index (χ2n) is 3.25. The lowest BCUT2D eigenvalue weighted by Gasteiger charge is -1.99. The van der Waals surface area contributed by atoms with Crippen molar-refractivity contribution in [1.29, 1.82) is 0 Å². The van der Waals surface area contributed by atoms with Crippen LogP contribution in [0.4, 0.5) is 0 Å². The number of aromatic nitrogens is 2. The standard InChI is InChI=1S/C10H10N2O3/c1-6-3-4-8(15-6)9-7(10(13)14)5-11-12(9)2/h3-5H,1-2H3,(H,13,14). The molecule has 0 amide bonds. The van der Waals surface area contributed by atoms with Crippen molar-refractivity contribution in [3.8, 4) is 11.5 Å². The molecule has 0 aliphatic rings. The highest BCUT2D eigenvalue weighted by molar-refractivity contribution is 5.93. The van der Waals surface area contributed by atoms with Crippen LogP contribution in [0.2, 0.25) is 0 Å². The molecule has 0 spiro atoms. The molecule has 78 valence electrons. The number of furan rings is 1. The van der Waals surface area contributed by atoms with Gasteiger partial charge in [0.1, 0.15) is 17.0 Å². The van der Waals surface area contributed by atoms with Crippen molar-refractivity contribution in [2.75, 3.05) is 0 Å². The largest absolute Gasteiger partial charge is 0.478 e. The topological polar surface area (TPSA) is 68.3 Å². The third-order valence-corrected chi connectivity index (χ3v) is 2.14. The summed E-state index contributed by atoms with van der Waals surface area (Å²) >= 11 is 0. The molecule has 0 unspecified atom stereocenters. The molecular formula is C10H10N2O3. The minimum atomic E-state index is -1.01. The Kier molecular flexibility index (Phi) is 2.07. The van der Waals surface area contributed by atoms with E-state index in [1.54, 1.807) is 26.1 Å². The van der Waals surface area contributed by atoms with E-state index in [0.717, 1.165) is 5.76 Å². The fourth-order valence-corrected chi connectivity index (χ4v) is 1.45. The number of hydrogen-bond donors (Lipinski definition) is 1. The van der Waals surface area contributed by atoms with Crippen molar-refractivity contribution in [2.24, 2.45) is 7.05 Å².